The molecule has 1 aromatic carbocycles. The first-order valence-corrected chi connectivity index (χ1v) is 7.48. The van der Waals surface area contributed by atoms with Crippen LogP contribution in [0.1, 0.15) is 11.1 Å². The first-order valence-electron chi connectivity index (χ1n) is 7.10. The van der Waals surface area contributed by atoms with Gasteiger partial charge in [-0.3, -0.25) is 9.20 Å². The summed E-state index contributed by atoms with van der Waals surface area (Å²) in [6.45, 7) is 1.83. The highest BCUT2D eigenvalue weighted by Gasteiger charge is 2.13. The molecule has 7 heteroatoms. The topological polar surface area (TPSA) is 69.9 Å². The van der Waals surface area contributed by atoms with Crippen LogP contribution in [0.2, 0.25) is 5.02 Å². The standard InChI is InChI=1S/C17H13ClN2O4/c1-11-7-13(18)9-20-15(11)19-8-14(16(20)21)24-17(22)23-10-12-5-3-2-4-6-12/h2-9H,10H2,1H3. The lowest BCUT2D eigenvalue weighted by atomic mass is 10.2. The molecule has 0 amide bonds. The van der Waals surface area contributed by atoms with Crippen LogP contribution in [-0.2, 0) is 11.3 Å². The molecule has 6 nitrogen and oxygen atoms in total. The Bertz CT molecular complexity index is 954. The van der Waals surface area contributed by atoms with E-state index in [1.165, 1.54) is 16.8 Å². The number of aryl methyl sites for hydroxylation is 1. The molecule has 24 heavy (non-hydrogen) atoms. The van der Waals surface area contributed by atoms with Crippen LogP contribution in [-0.4, -0.2) is 15.5 Å². The predicted octanol–water partition coefficient (Wildman–Crippen LogP) is 3.37. The minimum absolute atomic E-state index is 0.0486. The van der Waals surface area contributed by atoms with Gasteiger partial charge in [0.25, 0.3) is 0 Å². The molecule has 0 saturated heterocycles. The van der Waals surface area contributed by atoms with Gasteiger partial charge < -0.3 is 9.47 Å². The first-order chi connectivity index (χ1) is 11.5. The van der Waals surface area contributed by atoms with Crippen LogP contribution >= 0.6 is 11.6 Å². The molecule has 0 atom stereocenters. The van der Waals surface area contributed by atoms with E-state index >= 15 is 0 Å². The summed E-state index contributed by atoms with van der Waals surface area (Å²) in [4.78, 5) is 28.3. The average Bonchev–Trinajstić information content (AvgIpc) is 2.57. The molecule has 2 heterocycles. The highest BCUT2D eigenvalue weighted by molar-refractivity contribution is 6.30. The van der Waals surface area contributed by atoms with Gasteiger partial charge in [-0.15, -0.1) is 0 Å². The highest BCUT2D eigenvalue weighted by atomic mass is 35.5. The van der Waals surface area contributed by atoms with Gasteiger partial charge in [0.05, 0.1) is 11.2 Å². The molecule has 122 valence electrons. The number of carbonyl (C=O) groups is 1. The van der Waals surface area contributed by atoms with Crippen molar-refractivity contribution < 1.29 is 14.3 Å². The second-order valence-electron chi connectivity index (χ2n) is 5.09. The number of ether oxygens (including phenoxy) is 2. The number of hydrogen-bond donors (Lipinski definition) is 0. The van der Waals surface area contributed by atoms with E-state index in [1.807, 2.05) is 30.3 Å². The lowest BCUT2D eigenvalue weighted by Crippen LogP contribution is -2.21. The number of pyridine rings is 1. The molecule has 0 fully saturated rings. The van der Waals surface area contributed by atoms with E-state index in [-0.39, 0.29) is 12.4 Å². The van der Waals surface area contributed by atoms with Crippen molar-refractivity contribution in [3.8, 4) is 5.75 Å². The molecule has 3 rings (SSSR count). The van der Waals surface area contributed by atoms with Crippen molar-refractivity contribution in [2.45, 2.75) is 13.5 Å². The van der Waals surface area contributed by atoms with Gasteiger partial charge in [-0.2, -0.15) is 0 Å². The molecule has 0 aliphatic rings. The Balaban J connectivity index is 1.79. The van der Waals surface area contributed by atoms with Gasteiger partial charge in [-0.05, 0) is 24.1 Å². The number of hydrogen-bond acceptors (Lipinski definition) is 5. The highest BCUT2D eigenvalue weighted by Crippen LogP contribution is 2.15. The molecule has 0 N–H and O–H groups in total. The van der Waals surface area contributed by atoms with E-state index in [9.17, 15) is 9.59 Å². The van der Waals surface area contributed by atoms with Crippen molar-refractivity contribution in [1.29, 1.82) is 0 Å². The Morgan fingerprint density at radius 3 is 2.79 bits per heavy atom. The number of halogens is 1. The monoisotopic (exact) mass is 344 g/mol. The van der Waals surface area contributed by atoms with Gasteiger partial charge in [0.2, 0.25) is 5.75 Å². The van der Waals surface area contributed by atoms with Gasteiger partial charge in [-0.1, -0.05) is 41.9 Å². The third kappa shape index (κ3) is 3.38. The maximum Gasteiger partial charge on any atom is 0.514 e. The summed E-state index contributed by atoms with van der Waals surface area (Å²) in [5.74, 6) is -0.229. The number of fused-ring (bicyclic) bond motifs is 1. The van der Waals surface area contributed by atoms with Crippen LogP contribution < -0.4 is 10.3 Å². The van der Waals surface area contributed by atoms with E-state index in [0.717, 1.165) is 11.1 Å². The van der Waals surface area contributed by atoms with Gasteiger partial charge >= 0.3 is 11.7 Å². The Kier molecular flexibility index (Phi) is 4.48. The third-order valence-electron chi connectivity index (χ3n) is 3.31. The van der Waals surface area contributed by atoms with Gasteiger partial charge in [0.15, 0.2) is 0 Å². The minimum atomic E-state index is -0.976. The summed E-state index contributed by atoms with van der Waals surface area (Å²) in [5.41, 5.74) is 1.44. The van der Waals surface area contributed by atoms with Crippen molar-refractivity contribution in [2.24, 2.45) is 0 Å². The largest absolute Gasteiger partial charge is 0.514 e. The van der Waals surface area contributed by atoms with Crippen LogP contribution in [0.3, 0.4) is 0 Å². The first kappa shape index (κ1) is 16.0. The zero-order chi connectivity index (χ0) is 17.1. The molecule has 2 aromatic heterocycles. The number of carbonyl (C=O) groups excluding carboxylic acids is 1. The summed E-state index contributed by atoms with van der Waals surface area (Å²) in [5, 5.41) is 0.382. The number of nitrogens with zero attached hydrogens (tertiary/aromatic N) is 2. The Hall–Kier alpha value is -2.86. The predicted molar refractivity (Wildman–Crippen MR) is 88.5 cm³/mol. The Morgan fingerprint density at radius 1 is 1.29 bits per heavy atom. The molecule has 0 bridgehead atoms. The normalized spacial score (nSPS) is 10.6. The second kappa shape index (κ2) is 6.72. The van der Waals surface area contributed by atoms with Crippen molar-refractivity contribution >= 4 is 23.4 Å². The maximum atomic E-state index is 12.4. The fourth-order valence-corrected chi connectivity index (χ4v) is 2.46. The van der Waals surface area contributed by atoms with Crippen LogP contribution in [0.25, 0.3) is 5.65 Å². The van der Waals surface area contributed by atoms with Crippen LogP contribution in [0.4, 0.5) is 4.79 Å². The number of rotatable bonds is 3. The summed E-state index contributed by atoms with van der Waals surface area (Å²) in [6, 6.07) is 10.8. The summed E-state index contributed by atoms with van der Waals surface area (Å²) in [7, 11) is 0. The fraction of sp³-hybridized carbons (Fsp3) is 0.118. The lowest BCUT2D eigenvalue weighted by molar-refractivity contribution is 0.0920. The average molecular weight is 345 g/mol. The molecule has 0 saturated carbocycles. The van der Waals surface area contributed by atoms with Crippen molar-refractivity contribution in [1.82, 2.24) is 9.38 Å². The summed E-state index contributed by atoms with van der Waals surface area (Å²) < 4.78 is 11.2. The zero-order valence-electron chi connectivity index (χ0n) is 12.7. The summed E-state index contributed by atoms with van der Waals surface area (Å²) >= 11 is 5.95. The molecule has 0 radical (unpaired) electrons. The van der Waals surface area contributed by atoms with Gasteiger partial charge in [0, 0.05) is 6.20 Å². The Morgan fingerprint density at radius 2 is 2.04 bits per heavy atom. The van der Waals surface area contributed by atoms with E-state index in [1.54, 1.807) is 13.0 Å². The Labute approximate surface area is 142 Å². The van der Waals surface area contributed by atoms with E-state index in [2.05, 4.69) is 4.98 Å². The van der Waals surface area contributed by atoms with Crippen molar-refractivity contribution in [3.05, 3.63) is 75.3 Å². The second-order valence-corrected chi connectivity index (χ2v) is 5.53. The molecular weight excluding hydrogens is 332 g/mol. The molecule has 0 spiro atoms. The SMILES string of the molecule is Cc1cc(Cl)cn2c(=O)c(OC(=O)OCc3ccccc3)cnc12. The van der Waals surface area contributed by atoms with Gasteiger partial charge in [0.1, 0.15) is 12.3 Å². The quantitative estimate of drug-likeness (QED) is 0.681. The van der Waals surface area contributed by atoms with Crippen LogP contribution in [0.5, 0.6) is 5.75 Å². The smallest absolute Gasteiger partial charge is 0.429 e. The zero-order valence-corrected chi connectivity index (χ0v) is 13.5. The third-order valence-corrected chi connectivity index (χ3v) is 3.52. The van der Waals surface area contributed by atoms with Gasteiger partial charge in [-0.25, -0.2) is 9.78 Å². The molecule has 0 aliphatic heterocycles. The lowest BCUT2D eigenvalue weighted by Gasteiger charge is -2.08. The molecule has 0 unspecified atom stereocenters. The number of benzene rings is 1. The van der Waals surface area contributed by atoms with Crippen LogP contribution in [0, 0.1) is 6.92 Å². The van der Waals surface area contributed by atoms with E-state index < -0.39 is 11.7 Å². The van der Waals surface area contributed by atoms with Crippen LogP contribution in [0.15, 0.2) is 53.6 Å². The molecular formula is C17H13ClN2O4. The number of aromatic nitrogens is 2. The van der Waals surface area contributed by atoms with Crippen molar-refractivity contribution in [3.63, 3.8) is 0 Å². The molecule has 0 aliphatic carbocycles. The molecule has 3 aromatic rings. The van der Waals surface area contributed by atoms with E-state index in [4.69, 9.17) is 21.1 Å². The maximum absolute atomic E-state index is 12.4. The van der Waals surface area contributed by atoms with E-state index in [0.29, 0.717) is 10.7 Å². The van der Waals surface area contributed by atoms with Crippen molar-refractivity contribution in [2.75, 3.05) is 0 Å². The minimum Gasteiger partial charge on any atom is -0.429 e. The fourth-order valence-electron chi connectivity index (χ4n) is 2.20. The summed E-state index contributed by atoms with van der Waals surface area (Å²) in [6.07, 6.45) is 1.64.